The van der Waals surface area contributed by atoms with Crippen molar-refractivity contribution in [2.24, 2.45) is 5.41 Å². The molecule has 0 unspecified atom stereocenters. The van der Waals surface area contributed by atoms with Crippen molar-refractivity contribution < 1.29 is 0 Å². The molecule has 1 nitrogen and oxygen atoms in total. The summed E-state index contributed by atoms with van der Waals surface area (Å²) in [5, 5.41) is 0. The van der Waals surface area contributed by atoms with E-state index in [0.29, 0.717) is 20.6 Å². The number of hydrogen-bond donors (Lipinski definition) is 0. The maximum atomic E-state index is 2.39. The summed E-state index contributed by atoms with van der Waals surface area (Å²) >= 11 is 0.496. The van der Waals surface area contributed by atoms with E-state index in [9.17, 15) is 0 Å². The van der Waals surface area contributed by atoms with Crippen molar-refractivity contribution in [1.82, 2.24) is 3.92 Å². The zero-order chi connectivity index (χ0) is 10.7. The molecule has 80 valence electrons. The summed E-state index contributed by atoms with van der Waals surface area (Å²) in [6.07, 6.45) is 14.6. The Morgan fingerprint density at radius 3 is 2.87 bits per heavy atom. The zero-order valence-corrected chi connectivity index (χ0v) is 11.0. The van der Waals surface area contributed by atoms with E-state index in [-0.39, 0.29) is 0 Å². The Bertz CT molecular complexity index is 348. The van der Waals surface area contributed by atoms with Crippen LogP contribution in [0.1, 0.15) is 20.3 Å². The first-order chi connectivity index (χ1) is 7.16. The predicted octanol–water partition coefficient (Wildman–Crippen LogP) is 2.86. The zero-order valence-electron chi connectivity index (χ0n) is 9.31. The van der Waals surface area contributed by atoms with Gasteiger partial charge in [0.1, 0.15) is 0 Å². The fraction of sp³-hybridized carbons (Fsp3) is 0.385. The van der Waals surface area contributed by atoms with Gasteiger partial charge in [-0.2, -0.15) is 0 Å². The minimum atomic E-state index is 0.353. The van der Waals surface area contributed by atoms with Gasteiger partial charge in [-0.05, 0) is 0 Å². The van der Waals surface area contributed by atoms with Crippen LogP contribution in [0.3, 0.4) is 0 Å². The molecule has 0 aromatic carbocycles. The fourth-order valence-corrected chi connectivity index (χ4v) is 3.02. The van der Waals surface area contributed by atoms with Crippen LogP contribution >= 0.6 is 0 Å². The Morgan fingerprint density at radius 1 is 1.40 bits per heavy atom. The summed E-state index contributed by atoms with van der Waals surface area (Å²) in [7, 11) is 0. The van der Waals surface area contributed by atoms with Gasteiger partial charge in [0, 0.05) is 0 Å². The number of nitrogens with zero attached hydrogens (tertiary/aromatic N) is 1. The number of allylic oxidation sites excluding steroid dienone is 4. The third-order valence-electron chi connectivity index (χ3n) is 2.62. The molecule has 0 bridgehead atoms. The van der Waals surface area contributed by atoms with Gasteiger partial charge in [0.25, 0.3) is 0 Å². The van der Waals surface area contributed by atoms with Crippen molar-refractivity contribution in [2.75, 3.05) is 6.54 Å². The van der Waals surface area contributed by atoms with E-state index in [0.717, 1.165) is 6.54 Å². The SMILES string of the molecule is CC1(C)C=CC(CN2C=CC=C[Se]2)=CC1. The molecule has 0 radical (unpaired) electrons. The number of rotatable bonds is 2. The van der Waals surface area contributed by atoms with Crippen LogP contribution in [-0.2, 0) is 0 Å². The second kappa shape index (κ2) is 4.42. The maximum absolute atomic E-state index is 2.39. The third-order valence-corrected chi connectivity index (χ3v) is 4.30. The molecule has 0 fully saturated rings. The van der Waals surface area contributed by atoms with Gasteiger partial charge in [-0.25, -0.2) is 0 Å². The molecule has 0 saturated heterocycles. The quantitative estimate of drug-likeness (QED) is 0.695. The van der Waals surface area contributed by atoms with Gasteiger partial charge in [0.2, 0.25) is 0 Å². The average molecular weight is 266 g/mol. The first kappa shape index (κ1) is 10.8. The first-order valence-electron chi connectivity index (χ1n) is 5.31. The van der Waals surface area contributed by atoms with Crippen LogP contribution in [0.25, 0.3) is 0 Å². The van der Waals surface area contributed by atoms with Crippen molar-refractivity contribution in [3.8, 4) is 0 Å². The van der Waals surface area contributed by atoms with E-state index < -0.39 is 0 Å². The van der Waals surface area contributed by atoms with Crippen molar-refractivity contribution in [2.45, 2.75) is 20.3 Å². The molecule has 2 aliphatic rings. The van der Waals surface area contributed by atoms with Crippen LogP contribution < -0.4 is 0 Å². The molecule has 0 atom stereocenters. The molecule has 0 saturated carbocycles. The Hall–Kier alpha value is -0.721. The predicted molar refractivity (Wildman–Crippen MR) is 66.4 cm³/mol. The second-order valence-corrected chi connectivity index (χ2v) is 6.65. The van der Waals surface area contributed by atoms with Crippen LogP contribution in [0.5, 0.6) is 0 Å². The van der Waals surface area contributed by atoms with E-state index in [1.807, 2.05) is 0 Å². The summed E-state index contributed by atoms with van der Waals surface area (Å²) in [6, 6.07) is 0. The van der Waals surface area contributed by atoms with Crippen LogP contribution in [0.4, 0.5) is 0 Å². The molecule has 0 aromatic heterocycles. The van der Waals surface area contributed by atoms with Crippen LogP contribution in [0, 0.1) is 5.41 Å². The average Bonchev–Trinajstić information content (AvgIpc) is 2.23. The molecule has 1 aliphatic carbocycles. The van der Waals surface area contributed by atoms with Gasteiger partial charge in [-0.1, -0.05) is 0 Å². The monoisotopic (exact) mass is 267 g/mol. The van der Waals surface area contributed by atoms with Gasteiger partial charge >= 0.3 is 98.4 Å². The third kappa shape index (κ3) is 3.12. The van der Waals surface area contributed by atoms with Crippen molar-refractivity contribution in [1.29, 1.82) is 0 Å². The van der Waals surface area contributed by atoms with Crippen molar-refractivity contribution in [3.63, 3.8) is 0 Å². The molecule has 0 amide bonds. The van der Waals surface area contributed by atoms with Crippen molar-refractivity contribution >= 4 is 15.2 Å². The summed E-state index contributed by atoms with van der Waals surface area (Å²) in [4.78, 5) is 2.25. The van der Waals surface area contributed by atoms with E-state index in [1.165, 1.54) is 12.0 Å². The summed E-state index contributed by atoms with van der Waals surface area (Å²) in [6.45, 7) is 5.63. The molecule has 1 heterocycles. The standard InChI is InChI=1S/C13H17NSe/c1-13(2)7-5-12(6-8-13)11-14-9-3-4-10-15-14/h3-7,9-10H,8,11H2,1-2H3. The Balaban J connectivity index is 1.92. The normalized spacial score (nSPS) is 23.1. The molecular formula is C13H17NSe. The van der Waals surface area contributed by atoms with Gasteiger partial charge in [0.05, 0.1) is 0 Å². The molecule has 0 spiro atoms. The van der Waals surface area contributed by atoms with E-state index in [2.05, 4.69) is 59.3 Å². The number of hydrogen-bond acceptors (Lipinski definition) is 1. The minimum absolute atomic E-state index is 0.353. The summed E-state index contributed by atoms with van der Waals surface area (Å²) in [5.74, 6) is 0. The molecule has 0 N–H and O–H groups in total. The van der Waals surface area contributed by atoms with Crippen LogP contribution in [0.15, 0.2) is 47.1 Å². The second-order valence-electron chi connectivity index (χ2n) is 4.66. The summed E-state index contributed by atoms with van der Waals surface area (Å²) < 4.78 is 2.39. The molecule has 2 heteroatoms. The topological polar surface area (TPSA) is 3.24 Å². The van der Waals surface area contributed by atoms with Gasteiger partial charge < -0.3 is 0 Å². The van der Waals surface area contributed by atoms with Gasteiger partial charge in [0.15, 0.2) is 0 Å². The Morgan fingerprint density at radius 2 is 2.27 bits per heavy atom. The van der Waals surface area contributed by atoms with E-state index in [4.69, 9.17) is 0 Å². The molecule has 0 aromatic rings. The van der Waals surface area contributed by atoms with Gasteiger partial charge in [-0.3, -0.25) is 0 Å². The summed E-state index contributed by atoms with van der Waals surface area (Å²) in [5.41, 5.74) is 1.81. The van der Waals surface area contributed by atoms with Gasteiger partial charge in [-0.15, -0.1) is 0 Å². The van der Waals surface area contributed by atoms with E-state index in [1.54, 1.807) is 0 Å². The fourth-order valence-electron chi connectivity index (χ4n) is 1.59. The first-order valence-corrected chi connectivity index (χ1v) is 7.06. The van der Waals surface area contributed by atoms with E-state index >= 15 is 0 Å². The van der Waals surface area contributed by atoms with Crippen LogP contribution in [0.2, 0.25) is 0 Å². The molecule has 15 heavy (non-hydrogen) atoms. The Kier molecular flexibility index (Phi) is 3.18. The van der Waals surface area contributed by atoms with Crippen LogP contribution in [-0.4, -0.2) is 25.6 Å². The molecule has 1 aliphatic heterocycles. The Labute approximate surface area is 98.6 Å². The molecular weight excluding hydrogens is 249 g/mol. The van der Waals surface area contributed by atoms with Crippen molar-refractivity contribution in [3.05, 3.63) is 47.1 Å². The molecule has 2 rings (SSSR count).